The van der Waals surface area contributed by atoms with E-state index in [-0.39, 0.29) is 45.1 Å². The second-order valence-electron chi connectivity index (χ2n) is 7.58. The Balaban J connectivity index is 0. The van der Waals surface area contributed by atoms with E-state index in [0.29, 0.717) is 11.1 Å². The van der Waals surface area contributed by atoms with Gasteiger partial charge in [-0.1, -0.05) is 0 Å². The number of amides is 2. The summed E-state index contributed by atoms with van der Waals surface area (Å²) < 4.78 is 9.44. The molecule has 0 aliphatic rings. The van der Waals surface area contributed by atoms with Gasteiger partial charge in [0.1, 0.15) is 0 Å². The van der Waals surface area contributed by atoms with Gasteiger partial charge in [0.05, 0.1) is 25.3 Å². The Kier molecular flexibility index (Phi) is 18.7. The van der Waals surface area contributed by atoms with Gasteiger partial charge in [-0.2, -0.15) is 0 Å². The first kappa shape index (κ1) is 39.9. The summed E-state index contributed by atoms with van der Waals surface area (Å²) in [4.78, 5) is 49.1. The van der Waals surface area contributed by atoms with Crippen molar-refractivity contribution in [1.29, 1.82) is 0 Å². The highest BCUT2D eigenvalue weighted by Crippen LogP contribution is 2.26. The molecule has 4 aromatic rings. The van der Waals surface area contributed by atoms with Gasteiger partial charge in [0.25, 0.3) is 0 Å². The zero-order valence-electron chi connectivity index (χ0n) is 23.4. The van der Waals surface area contributed by atoms with Crippen molar-refractivity contribution in [3.63, 3.8) is 0 Å². The Labute approximate surface area is 250 Å². The highest BCUT2D eigenvalue weighted by Gasteiger charge is 2.08. The van der Waals surface area contributed by atoms with Crippen LogP contribution in [0.4, 0.5) is 0 Å². The molecule has 2 aromatic heterocycles. The molecule has 2 aromatic carbocycles. The normalized spacial score (nSPS) is 8.77. The molecular formula is C28H32N4O12. The molecule has 0 unspecified atom stereocenters. The number of carbonyl (C=O) groups excluding carboxylic acids is 2. The van der Waals surface area contributed by atoms with Gasteiger partial charge in [-0.15, -0.1) is 0 Å². The number of benzene rings is 2. The van der Waals surface area contributed by atoms with E-state index in [1.54, 1.807) is 24.3 Å². The fraction of sp³-hybridized carbons (Fsp3) is 0.0714. The van der Waals surface area contributed by atoms with Gasteiger partial charge in [0, 0.05) is 35.9 Å². The number of aromatic nitrogens is 2. The van der Waals surface area contributed by atoms with E-state index in [9.17, 15) is 19.2 Å². The molecule has 0 radical (unpaired) electrons. The summed E-state index contributed by atoms with van der Waals surface area (Å²) in [5.41, 5.74) is 11.1. The van der Waals surface area contributed by atoms with Crippen LogP contribution in [0.2, 0.25) is 0 Å². The fourth-order valence-electron chi connectivity index (χ4n) is 2.65. The van der Waals surface area contributed by atoms with Crippen molar-refractivity contribution in [2.24, 2.45) is 11.5 Å². The fourth-order valence-corrected chi connectivity index (χ4v) is 2.65. The first-order chi connectivity index (χ1) is 19.9. The minimum Gasteiger partial charge on any atom is -0.504 e. The molecule has 0 atom stereocenters. The average molecular weight is 617 g/mol. The number of ether oxygens (including phenoxy) is 2. The molecule has 44 heavy (non-hydrogen) atoms. The molecule has 2 amide bonds. The molecule has 4 rings (SSSR count). The summed E-state index contributed by atoms with van der Waals surface area (Å²) in [6, 6.07) is 14.0. The molecule has 0 aliphatic carbocycles. The van der Waals surface area contributed by atoms with Gasteiger partial charge in [0.15, 0.2) is 23.0 Å². The second kappa shape index (κ2) is 20.6. The van der Waals surface area contributed by atoms with Crippen LogP contribution in [0.1, 0.15) is 41.4 Å². The smallest absolute Gasteiger partial charge is 0.335 e. The lowest BCUT2D eigenvalue weighted by atomic mass is 10.2. The van der Waals surface area contributed by atoms with E-state index in [1.165, 1.54) is 75.4 Å². The quantitative estimate of drug-likeness (QED) is 0.176. The van der Waals surface area contributed by atoms with Crippen molar-refractivity contribution in [3.8, 4) is 23.0 Å². The Morgan fingerprint density at radius 1 is 0.568 bits per heavy atom. The first-order valence-corrected chi connectivity index (χ1v) is 11.5. The van der Waals surface area contributed by atoms with Crippen LogP contribution in [0, 0.1) is 0 Å². The predicted molar refractivity (Wildman–Crippen MR) is 156 cm³/mol. The van der Waals surface area contributed by atoms with Gasteiger partial charge < -0.3 is 52.3 Å². The van der Waals surface area contributed by atoms with Crippen LogP contribution >= 0.6 is 0 Å². The van der Waals surface area contributed by atoms with Crippen LogP contribution in [0.25, 0.3) is 0 Å². The number of aromatic hydroxyl groups is 2. The Hall–Kier alpha value is -6.26. The van der Waals surface area contributed by atoms with Gasteiger partial charge in [0.2, 0.25) is 11.8 Å². The van der Waals surface area contributed by atoms with Crippen molar-refractivity contribution < 1.29 is 60.0 Å². The number of nitrogens with zero attached hydrogens (tertiary/aromatic N) is 2. The number of phenolic OH excluding ortho intramolecular Hbond substituents is 2. The standard InChI is InChI=1S/2C8H8O4.2C6H6N2O.2H2O/c2*1-12-7-4-5(8(10)11)2-3-6(7)9;2*7-6(9)5-1-3-8-4-2-5;;/h2*2-4,9H,1H3,(H,10,11);2*1-4H,(H2,7,9);2*1H2. The van der Waals surface area contributed by atoms with Crippen LogP contribution in [-0.4, -0.2) is 79.3 Å². The van der Waals surface area contributed by atoms with Crippen molar-refractivity contribution in [3.05, 3.63) is 108 Å². The van der Waals surface area contributed by atoms with Crippen LogP contribution in [0.3, 0.4) is 0 Å². The van der Waals surface area contributed by atoms with Crippen molar-refractivity contribution in [2.75, 3.05) is 14.2 Å². The number of aromatic carboxylic acids is 2. The van der Waals surface area contributed by atoms with Crippen molar-refractivity contribution in [2.45, 2.75) is 0 Å². The molecule has 0 spiro atoms. The number of hydrogen-bond donors (Lipinski definition) is 6. The largest absolute Gasteiger partial charge is 0.504 e. The molecular weight excluding hydrogens is 584 g/mol. The lowest BCUT2D eigenvalue weighted by Gasteiger charge is -2.02. The van der Waals surface area contributed by atoms with Gasteiger partial charge >= 0.3 is 11.9 Å². The van der Waals surface area contributed by atoms with Crippen LogP contribution < -0.4 is 20.9 Å². The Bertz CT molecular complexity index is 1370. The number of primary amides is 2. The minimum atomic E-state index is -1.05. The van der Waals surface area contributed by atoms with E-state index in [0.717, 1.165) is 0 Å². The number of rotatable bonds is 6. The molecule has 0 bridgehead atoms. The third-order valence-electron chi connectivity index (χ3n) is 4.78. The van der Waals surface area contributed by atoms with Gasteiger partial charge in [-0.3, -0.25) is 19.6 Å². The molecule has 16 heteroatoms. The monoisotopic (exact) mass is 616 g/mol. The summed E-state index contributed by atoms with van der Waals surface area (Å²) in [6.07, 6.45) is 6.11. The maximum atomic E-state index is 10.4. The Morgan fingerprint density at radius 2 is 0.864 bits per heavy atom. The average Bonchev–Trinajstić information content (AvgIpc) is 2.99. The topological polar surface area (TPSA) is 308 Å². The Morgan fingerprint density at radius 3 is 1.07 bits per heavy atom. The van der Waals surface area contributed by atoms with Gasteiger partial charge in [-0.05, 0) is 60.7 Å². The van der Waals surface area contributed by atoms with Crippen LogP contribution in [0.15, 0.2) is 85.5 Å². The zero-order valence-corrected chi connectivity index (χ0v) is 23.4. The summed E-state index contributed by atoms with van der Waals surface area (Å²) >= 11 is 0. The third-order valence-corrected chi connectivity index (χ3v) is 4.78. The number of nitrogens with two attached hydrogens (primary N) is 2. The lowest BCUT2D eigenvalue weighted by Crippen LogP contribution is -2.10. The summed E-state index contributed by atoms with van der Waals surface area (Å²) in [6.45, 7) is 0. The maximum absolute atomic E-state index is 10.4. The van der Waals surface area contributed by atoms with Crippen molar-refractivity contribution >= 4 is 23.8 Å². The molecule has 0 saturated carbocycles. The van der Waals surface area contributed by atoms with E-state index in [4.69, 9.17) is 41.4 Å². The molecule has 0 fully saturated rings. The second-order valence-corrected chi connectivity index (χ2v) is 7.58. The van der Waals surface area contributed by atoms with E-state index < -0.39 is 23.8 Å². The molecule has 16 nitrogen and oxygen atoms in total. The summed E-state index contributed by atoms with van der Waals surface area (Å²) in [7, 11) is 2.72. The maximum Gasteiger partial charge on any atom is 0.335 e. The molecule has 236 valence electrons. The molecule has 2 heterocycles. The number of carbonyl (C=O) groups is 4. The van der Waals surface area contributed by atoms with E-state index in [1.807, 2.05) is 0 Å². The number of pyridine rings is 2. The molecule has 0 aliphatic heterocycles. The van der Waals surface area contributed by atoms with Gasteiger partial charge in [-0.25, -0.2) is 9.59 Å². The van der Waals surface area contributed by atoms with Crippen molar-refractivity contribution in [1.82, 2.24) is 9.97 Å². The molecule has 12 N–H and O–H groups in total. The predicted octanol–water partition coefficient (Wildman–Crippen LogP) is 0.910. The highest BCUT2D eigenvalue weighted by atomic mass is 16.5. The zero-order chi connectivity index (χ0) is 31.7. The summed E-state index contributed by atoms with van der Waals surface area (Å²) in [5.74, 6) is -2.74. The van der Waals surface area contributed by atoms with E-state index in [2.05, 4.69) is 9.97 Å². The number of phenols is 2. The van der Waals surface area contributed by atoms with Crippen LogP contribution in [0.5, 0.6) is 23.0 Å². The molecule has 0 saturated heterocycles. The number of carboxylic acids is 2. The lowest BCUT2D eigenvalue weighted by molar-refractivity contribution is 0.0685. The third kappa shape index (κ3) is 13.9. The minimum absolute atomic E-state index is 0. The first-order valence-electron chi connectivity index (χ1n) is 11.5. The number of methoxy groups -OCH3 is 2. The highest BCUT2D eigenvalue weighted by molar-refractivity contribution is 5.93. The van der Waals surface area contributed by atoms with E-state index >= 15 is 0 Å². The SMILES string of the molecule is COc1cc(C(=O)O)ccc1O.COc1cc(C(=O)O)ccc1O.NC(=O)c1ccncc1.NC(=O)c1ccncc1.O.O. The van der Waals surface area contributed by atoms with Crippen LogP contribution in [-0.2, 0) is 0 Å². The number of carboxylic acid groups (broad SMARTS) is 2. The summed E-state index contributed by atoms with van der Waals surface area (Å²) in [5, 5.41) is 35.3. The number of hydrogen-bond acceptors (Lipinski definition) is 10.